The maximum atomic E-state index is 2.55. The molecule has 4 aliphatic rings. The van der Waals surface area contributed by atoms with Gasteiger partial charge in [0.1, 0.15) is 14.1 Å². The first kappa shape index (κ1) is 42.5. The lowest BCUT2D eigenvalue weighted by Crippen LogP contribution is -2.26. The van der Waals surface area contributed by atoms with Crippen LogP contribution in [0.1, 0.15) is 84.1 Å². The summed E-state index contributed by atoms with van der Waals surface area (Å²) in [5.74, 6) is 0. The van der Waals surface area contributed by atoms with E-state index < -0.39 is 0 Å². The van der Waals surface area contributed by atoms with E-state index in [1.807, 2.05) is 55.4 Å². The standard InChI is InChI=1S/C43H42N4.4C2H6/c1-44-36(28-32-14-3-7-22-40(32)44)18-11-20-38-30-34-16-5-9-24-42(34)46(38)26-13-27-47-39(31-35-17-6-10-25-43(35)47)21-12-19-37-29-33-15-4-8-23-41(33)45(37)2;4*1-2/h3-12,14-25H,13,26-31H2,1-2H3;4*1-2H3/q+2;;;;. The first-order chi connectivity index (χ1) is 27.1. The van der Waals surface area contributed by atoms with E-state index in [0.717, 1.165) is 45.2 Å². The summed E-state index contributed by atoms with van der Waals surface area (Å²) in [6.07, 6.45) is 18.8. The molecular weight excluding hydrogens is 669 g/mol. The molecule has 4 nitrogen and oxygen atoms in total. The molecule has 0 amide bonds. The second-order valence-electron chi connectivity index (χ2n) is 13.0. The summed E-state index contributed by atoms with van der Waals surface area (Å²) in [7, 11) is 4.35. The summed E-state index contributed by atoms with van der Waals surface area (Å²) in [6, 6.07) is 35.3. The third kappa shape index (κ3) is 9.72. The summed E-state index contributed by atoms with van der Waals surface area (Å²) in [5, 5.41) is 0. The highest BCUT2D eigenvalue weighted by atomic mass is 15.2. The highest BCUT2D eigenvalue weighted by molar-refractivity contribution is 5.97. The number of rotatable bonds is 8. The van der Waals surface area contributed by atoms with Gasteiger partial charge in [-0.25, -0.2) is 0 Å². The number of fused-ring (bicyclic) bond motifs is 4. The Bertz CT molecular complexity index is 1910. The Balaban J connectivity index is 0.000000792. The molecule has 55 heavy (non-hydrogen) atoms. The summed E-state index contributed by atoms with van der Waals surface area (Å²) in [5.41, 5.74) is 16.4. The second-order valence-corrected chi connectivity index (χ2v) is 13.0. The fourth-order valence-corrected chi connectivity index (χ4v) is 7.74. The van der Waals surface area contributed by atoms with Crippen LogP contribution in [0.15, 0.2) is 145 Å². The Kier molecular flexibility index (Phi) is 16.7. The lowest BCUT2D eigenvalue weighted by atomic mass is 10.1. The smallest absolute Gasteiger partial charge is 0.208 e. The third-order valence-corrected chi connectivity index (χ3v) is 10.2. The number of hydrogen-bond acceptors (Lipinski definition) is 2. The molecule has 0 unspecified atom stereocenters. The van der Waals surface area contributed by atoms with E-state index in [0.29, 0.717) is 0 Å². The van der Waals surface area contributed by atoms with Crippen molar-refractivity contribution in [1.82, 2.24) is 0 Å². The molecular formula is C51H66N4+2. The van der Waals surface area contributed by atoms with Gasteiger partial charge in [0.2, 0.25) is 11.4 Å². The van der Waals surface area contributed by atoms with Gasteiger partial charge in [-0.15, -0.1) is 0 Å². The van der Waals surface area contributed by atoms with Crippen LogP contribution in [-0.4, -0.2) is 47.8 Å². The fourth-order valence-electron chi connectivity index (χ4n) is 7.74. The summed E-state index contributed by atoms with van der Waals surface area (Å²) in [6.45, 7) is 18.0. The van der Waals surface area contributed by atoms with Crippen molar-refractivity contribution in [2.24, 2.45) is 0 Å². The number of nitrogens with zero attached hydrogens (tertiary/aromatic N) is 4. The minimum absolute atomic E-state index is 0.978. The minimum atomic E-state index is 0.978. The van der Waals surface area contributed by atoms with Gasteiger partial charge in [-0.3, -0.25) is 0 Å². The Morgan fingerprint density at radius 3 is 1.18 bits per heavy atom. The van der Waals surface area contributed by atoms with E-state index in [9.17, 15) is 0 Å². The van der Waals surface area contributed by atoms with Crippen LogP contribution in [0.5, 0.6) is 0 Å². The molecule has 0 saturated carbocycles. The lowest BCUT2D eigenvalue weighted by Gasteiger charge is -2.25. The largest absolute Gasteiger partial charge is 0.344 e. The zero-order valence-electron chi connectivity index (χ0n) is 35.4. The molecule has 0 spiro atoms. The molecule has 0 bridgehead atoms. The van der Waals surface area contributed by atoms with Crippen LogP contribution in [0, 0.1) is 0 Å². The van der Waals surface area contributed by atoms with Gasteiger partial charge in [-0.1, -0.05) is 140 Å². The number of hydrogen-bond donors (Lipinski definition) is 0. The average molecular weight is 735 g/mol. The fraction of sp³-hybridized carbons (Fsp3) is 0.333. The van der Waals surface area contributed by atoms with E-state index in [1.54, 1.807) is 0 Å². The maximum absolute atomic E-state index is 2.55. The van der Waals surface area contributed by atoms with Crippen molar-refractivity contribution < 1.29 is 9.15 Å². The van der Waals surface area contributed by atoms with E-state index in [1.165, 1.54) is 67.8 Å². The first-order valence-electron chi connectivity index (χ1n) is 20.9. The van der Waals surface area contributed by atoms with E-state index in [4.69, 9.17) is 0 Å². The molecule has 8 rings (SSSR count). The van der Waals surface area contributed by atoms with Crippen LogP contribution in [0.25, 0.3) is 0 Å². The van der Waals surface area contributed by atoms with E-state index in [-0.39, 0.29) is 0 Å². The normalized spacial score (nSPS) is 16.2. The predicted octanol–water partition coefficient (Wildman–Crippen LogP) is 12.4. The molecule has 0 N–H and O–H groups in total. The SMILES string of the molecule is CC.CC.CC.CC.C[N+]1=C(C=CC=C2Cc3ccccc3N2CCCN2C(=CC=CC3=[N+](C)c4ccccc4C3)Cc3ccccc32)Cc2ccccc21. The molecule has 4 aromatic rings. The van der Waals surface area contributed by atoms with Crippen LogP contribution in [0.2, 0.25) is 0 Å². The van der Waals surface area contributed by atoms with Crippen LogP contribution < -0.4 is 9.80 Å². The van der Waals surface area contributed by atoms with Gasteiger partial charge in [0.15, 0.2) is 11.4 Å². The van der Waals surface area contributed by atoms with Crippen molar-refractivity contribution in [3.05, 3.63) is 167 Å². The molecule has 0 saturated heterocycles. The second kappa shape index (κ2) is 21.6. The Morgan fingerprint density at radius 2 is 0.800 bits per heavy atom. The van der Waals surface area contributed by atoms with Crippen molar-refractivity contribution in [3.8, 4) is 0 Å². The summed E-state index contributed by atoms with van der Waals surface area (Å²) < 4.78 is 4.65. The van der Waals surface area contributed by atoms with Crippen LogP contribution in [0.4, 0.5) is 22.7 Å². The molecule has 288 valence electrons. The van der Waals surface area contributed by atoms with Crippen molar-refractivity contribution in [3.63, 3.8) is 0 Å². The van der Waals surface area contributed by atoms with E-state index >= 15 is 0 Å². The Labute approximate surface area is 333 Å². The summed E-state index contributed by atoms with van der Waals surface area (Å²) in [4.78, 5) is 5.10. The van der Waals surface area contributed by atoms with Gasteiger partial charge in [-0.2, -0.15) is 9.15 Å². The topological polar surface area (TPSA) is 12.5 Å². The van der Waals surface area contributed by atoms with Crippen LogP contribution in [0.3, 0.4) is 0 Å². The number of para-hydroxylation sites is 4. The average Bonchev–Trinajstić information content (AvgIpc) is 3.98. The molecule has 0 radical (unpaired) electrons. The number of anilines is 2. The molecule has 4 aromatic carbocycles. The molecule has 4 heterocycles. The highest BCUT2D eigenvalue weighted by Crippen LogP contribution is 2.37. The van der Waals surface area contributed by atoms with Crippen molar-refractivity contribution >= 4 is 34.2 Å². The molecule has 0 aromatic heterocycles. The van der Waals surface area contributed by atoms with Crippen molar-refractivity contribution in [2.45, 2.75) is 87.5 Å². The van der Waals surface area contributed by atoms with Crippen molar-refractivity contribution in [1.29, 1.82) is 0 Å². The molecule has 4 aliphatic heterocycles. The summed E-state index contributed by atoms with van der Waals surface area (Å²) >= 11 is 0. The number of benzene rings is 4. The first-order valence-corrected chi connectivity index (χ1v) is 20.9. The molecule has 0 fully saturated rings. The van der Waals surface area contributed by atoms with E-state index in [2.05, 4.69) is 167 Å². The Hall–Kier alpha value is -5.22. The van der Waals surface area contributed by atoms with Gasteiger partial charge in [0.05, 0.1) is 12.8 Å². The minimum Gasteiger partial charge on any atom is -0.344 e. The molecule has 0 atom stereocenters. The zero-order valence-corrected chi connectivity index (χ0v) is 35.4. The van der Waals surface area contributed by atoms with Gasteiger partial charge in [0, 0.05) is 84.1 Å². The zero-order chi connectivity index (χ0) is 39.7. The van der Waals surface area contributed by atoms with Gasteiger partial charge in [0.25, 0.3) is 0 Å². The lowest BCUT2D eigenvalue weighted by molar-refractivity contribution is -0.400. The van der Waals surface area contributed by atoms with Crippen LogP contribution >= 0.6 is 0 Å². The number of allylic oxidation sites excluding steroid dienone is 8. The van der Waals surface area contributed by atoms with Crippen molar-refractivity contribution in [2.75, 3.05) is 37.0 Å². The Morgan fingerprint density at radius 1 is 0.455 bits per heavy atom. The maximum Gasteiger partial charge on any atom is 0.208 e. The van der Waals surface area contributed by atoms with Gasteiger partial charge >= 0.3 is 0 Å². The monoisotopic (exact) mass is 735 g/mol. The van der Waals surface area contributed by atoms with Crippen LogP contribution in [-0.2, 0) is 25.7 Å². The predicted molar refractivity (Wildman–Crippen MR) is 241 cm³/mol. The molecule has 4 heteroatoms. The molecule has 0 aliphatic carbocycles. The van der Waals surface area contributed by atoms with Gasteiger partial charge < -0.3 is 9.80 Å². The highest BCUT2D eigenvalue weighted by Gasteiger charge is 2.28. The van der Waals surface area contributed by atoms with Gasteiger partial charge in [-0.05, 0) is 41.8 Å². The quantitative estimate of drug-likeness (QED) is 0.167. The third-order valence-electron chi connectivity index (χ3n) is 10.2.